The molecule has 2 aromatic heterocycles. The van der Waals surface area contributed by atoms with Crippen LogP contribution in [-0.4, -0.2) is 45.8 Å². The van der Waals surface area contributed by atoms with E-state index >= 15 is 0 Å². The molecule has 0 radical (unpaired) electrons. The zero-order chi connectivity index (χ0) is 18.6. The van der Waals surface area contributed by atoms with E-state index in [1.165, 1.54) is 22.7 Å². The Bertz CT molecular complexity index is 927. The summed E-state index contributed by atoms with van der Waals surface area (Å²) in [4.78, 5) is 12.1. The molecule has 0 bridgehead atoms. The van der Waals surface area contributed by atoms with Crippen LogP contribution in [-0.2, 0) is 4.79 Å². The summed E-state index contributed by atoms with van der Waals surface area (Å²) in [6.07, 6.45) is 1.29. The minimum Gasteiger partial charge on any atom is -0.486 e. The van der Waals surface area contributed by atoms with Gasteiger partial charge in [0.25, 0.3) is 0 Å². The van der Waals surface area contributed by atoms with E-state index in [-0.39, 0.29) is 17.8 Å². The fourth-order valence-corrected chi connectivity index (χ4v) is 3.21. The summed E-state index contributed by atoms with van der Waals surface area (Å²) >= 11 is 1.19. The van der Waals surface area contributed by atoms with Crippen LogP contribution in [0, 0.1) is 0 Å². The number of para-hydroxylation sites is 2. The Labute approximate surface area is 158 Å². The molecule has 4 rings (SSSR count). The number of nitrogens with two attached hydrogens (primary N) is 1. The van der Waals surface area contributed by atoms with Crippen LogP contribution < -0.4 is 20.6 Å². The molecule has 0 aliphatic carbocycles. The van der Waals surface area contributed by atoms with Gasteiger partial charge in [0, 0.05) is 0 Å². The first-order chi connectivity index (χ1) is 13.2. The molecule has 0 saturated carbocycles. The van der Waals surface area contributed by atoms with Gasteiger partial charge in [-0.05, 0) is 24.3 Å². The molecule has 0 saturated heterocycles. The predicted octanol–water partition coefficient (Wildman–Crippen LogP) is 1.30. The summed E-state index contributed by atoms with van der Waals surface area (Å²) in [5.41, 5.74) is 0. The molecule has 1 aromatic carbocycles. The van der Waals surface area contributed by atoms with Crippen molar-refractivity contribution in [3.63, 3.8) is 0 Å². The molecule has 10 heteroatoms. The third-order valence-corrected chi connectivity index (χ3v) is 4.78. The van der Waals surface area contributed by atoms with Crippen molar-refractivity contribution in [3.05, 3.63) is 42.7 Å². The van der Waals surface area contributed by atoms with Crippen molar-refractivity contribution in [2.75, 3.05) is 24.7 Å². The van der Waals surface area contributed by atoms with Gasteiger partial charge in [-0.1, -0.05) is 23.9 Å². The molecule has 9 nitrogen and oxygen atoms in total. The van der Waals surface area contributed by atoms with E-state index in [0.717, 1.165) is 0 Å². The minimum atomic E-state index is -0.238. The second kappa shape index (κ2) is 7.62. The molecule has 1 aliphatic heterocycles. The maximum Gasteiger partial charge on any atom is 0.230 e. The number of ether oxygens (including phenoxy) is 2. The lowest BCUT2D eigenvalue weighted by Gasteiger charge is -2.26. The highest BCUT2D eigenvalue weighted by Crippen LogP contribution is 2.30. The summed E-state index contributed by atoms with van der Waals surface area (Å²) in [5.74, 6) is 8.25. The first-order valence-electron chi connectivity index (χ1n) is 8.23. The lowest BCUT2D eigenvalue weighted by atomic mass is 10.2. The fraction of sp³-hybridized carbons (Fsp3) is 0.235. The maximum absolute atomic E-state index is 12.1. The van der Waals surface area contributed by atoms with Crippen LogP contribution in [0.15, 0.2) is 52.2 Å². The molecule has 3 aromatic rings. The monoisotopic (exact) mass is 387 g/mol. The van der Waals surface area contributed by atoms with E-state index in [9.17, 15) is 4.79 Å². The van der Waals surface area contributed by atoms with Crippen molar-refractivity contribution in [2.24, 2.45) is 0 Å². The van der Waals surface area contributed by atoms with Crippen LogP contribution in [0.25, 0.3) is 11.6 Å². The van der Waals surface area contributed by atoms with Gasteiger partial charge >= 0.3 is 0 Å². The Balaban J connectivity index is 1.26. The number of benzene rings is 1. The number of aromatic nitrogens is 3. The molecular formula is C17H17N5O4S. The molecule has 3 heterocycles. The number of nitrogen functional groups attached to an aromatic ring is 1. The van der Waals surface area contributed by atoms with Crippen LogP contribution in [0.5, 0.6) is 11.5 Å². The number of carbonyl (C=O) groups excluding carboxylic acids is 1. The third kappa shape index (κ3) is 3.85. The summed E-state index contributed by atoms with van der Waals surface area (Å²) in [7, 11) is 0. The van der Waals surface area contributed by atoms with Crippen molar-refractivity contribution >= 4 is 17.7 Å². The number of furan rings is 1. The first kappa shape index (κ1) is 17.3. The Kier molecular flexibility index (Phi) is 4.88. The number of nitrogens with one attached hydrogen (secondary N) is 1. The van der Waals surface area contributed by atoms with E-state index in [0.29, 0.717) is 41.4 Å². The molecule has 0 spiro atoms. The van der Waals surface area contributed by atoms with E-state index < -0.39 is 0 Å². The van der Waals surface area contributed by atoms with Crippen molar-refractivity contribution in [1.82, 2.24) is 20.2 Å². The van der Waals surface area contributed by atoms with Gasteiger partial charge in [-0.3, -0.25) is 4.79 Å². The van der Waals surface area contributed by atoms with E-state index in [4.69, 9.17) is 19.7 Å². The van der Waals surface area contributed by atoms with Gasteiger partial charge in [-0.25, -0.2) is 4.68 Å². The highest BCUT2D eigenvalue weighted by Gasteiger charge is 2.21. The molecule has 1 amide bonds. The molecule has 1 atom stereocenters. The van der Waals surface area contributed by atoms with Gasteiger partial charge < -0.3 is 25.1 Å². The number of rotatable bonds is 6. The Morgan fingerprint density at radius 3 is 2.93 bits per heavy atom. The molecule has 1 aliphatic rings. The van der Waals surface area contributed by atoms with Crippen LogP contribution in [0.3, 0.4) is 0 Å². The number of thioether (sulfide) groups is 1. The highest BCUT2D eigenvalue weighted by molar-refractivity contribution is 7.99. The van der Waals surface area contributed by atoms with Gasteiger partial charge in [-0.15, -0.1) is 10.2 Å². The van der Waals surface area contributed by atoms with Crippen LogP contribution >= 0.6 is 11.8 Å². The fourth-order valence-electron chi connectivity index (χ4n) is 2.52. The second-order valence-electron chi connectivity index (χ2n) is 5.74. The van der Waals surface area contributed by atoms with Crippen LogP contribution in [0.4, 0.5) is 0 Å². The normalized spacial score (nSPS) is 15.5. The third-order valence-electron chi connectivity index (χ3n) is 3.83. The van der Waals surface area contributed by atoms with Gasteiger partial charge in [0.15, 0.2) is 17.3 Å². The number of nitrogens with zero attached hydrogens (tertiary/aromatic N) is 3. The first-order valence-corrected chi connectivity index (χ1v) is 9.21. The standard InChI is InChI=1S/C17H17N5O4S/c18-22-16(14-6-3-7-24-14)20-21-17(22)27-10-15(23)19-8-11-9-25-12-4-1-2-5-13(12)26-11/h1-7,11H,8-10,18H2,(H,19,23)/t11-/m1/s1. The van der Waals surface area contributed by atoms with Crippen LogP contribution in [0.2, 0.25) is 0 Å². The summed E-state index contributed by atoms with van der Waals surface area (Å²) in [6, 6.07) is 10.9. The molecular weight excluding hydrogens is 370 g/mol. The summed E-state index contributed by atoms with van der Waals surface area (Å²) in [6.45, 7) is 0.731. The lowest BCUT2D eigenvalue weighted by Crippen LogP contribution is -2.41. The van der Waals surface area contributed by atoms with Gasteiger partial charge in [0.1, 0.15) is 12.7 Å². The smallest absolute Gasteiger partial charge is 0.230 e. The Morgan fingerprint density at radius 1 is 1.26 bits per heavy atom. The minimum absolute atomic E-state index is 0.150. The SMILES string of the molecule is Nn1c(SCC(=O)NC[C@@H]2COc3ccccc3O2)nnc1-c1ccco1. The van der Waals surface area contributed by atoms with E-state index in [1.807, 2.05) is 24.3 Å². The zero-order valence-corrected chi connectivity index (χ0v) is 15.0. The second-order valence-corrected chi connectivity index (χ2v) is 6.69. The quantitative estimate of drug-likeness (QED) is 0.480. The number of hydrogen-bond acceptors (Lipinski definition) is 8. The number of carbonyl (C=O) groups is 1. The van der Waals surface area contributed by atoms with E-state index in [2.05, 4.69) is 15.5 Å². The zero-order valence-electron chi connectivity index (χ0n) is 14.2. The average Bonchev–Trinajstić information content (AvgIpc) is 3.34. The van der Waals surface area contributed by atoms with Crippen molar-refractivity contribution in [2.45, 2.75) is 11.3 Å². The lowest BCUT2D eigenvalue weighted by molar-refractivity contribution is -0.119. The van der Waals surface area contributed by atoms with Crippen molar-refractivity contribution in [3.8, 4) is 23.1 Å². The predicted molar refractivity (Wildman–Crippen MR) is 98.0 cm³/mol. The molecule has 0 fully saturated rings. The summed E-state index contributed by atoms with van der Waals surface area (Å²) < 4.78 is 18.0. The summed E-state index contributed by atoms with van der Waals surface area (Å²) in [5, 5.41) is 11.2. The van der Waals surface area contributed by atoms with Crippen LogP contribution in [0.1, 0.15) is 0 Å². The van der Waals surface area contributed by atoms with E-state index in [1.54, 1.807) is 12.1 Å². The topological polar surface area (TPSA) is 117 Å². The van der Waals surface area contributed by atoms with Crippen molar-refractivity contribution in [1.29, 1.82) is 0 Å². The molecule has 27 heavy (non-hydrogen) atoms. The van der Waals surface area contributed by atoms with Gasteiger partial charge in [0.05, 0.1) is 18.6 Å². The molecule has 0 unspecified atom stereocenters. The number of amides is 1. The molecule has 140 valence electrons. The maximum atomic E-state index is 12.1. The Hall–Kier alpha value is -3.14. The number of fused-ring (bicyclic) bond motifs is 1. The van der Waals surface area contributed by atoms with Crippen molar-refractivity contribution < 1.29 is 18.7 Å². The van der Waals surface area contributed by atoms with Gasteiger partial charge in [0.2, 0.25) is 16.9 Å². The van der Waals surface area contributed by atoms with Gasteiger partial charge in [-0.2, -0.15) is 0 Å². The average molecular weight is 387 g/mol. The largest absolute Gasteiger partial charge is 0.486 e. The Morgan fingerprint density at radius 2 is 2.11 bits per heavy atom. The highest BCUT2D eigenvalue weighted by atomic mass is 32.2. The molecule has 3 N–H and O–H groups in total. The number of hydrogen-bond donors (Lipinski definition) is 2.